The maximum absolute atomic E-state index is 7.84. The molecule has 52 heavy (non-hydrogen) atoms. The molecule has 0 saturated heterocycles. The standard InChI is InChI=1S/C46H80O4P2/c1-33-17-9-15-27-41(33)47-51(37-21-5-3-6-22-37)49-43-31-29-35-19-11-13-25-39(35)45(43)46-40-26-14-12-20-36(40)30-32-44(46)50-52(38-23-7-4-8-24-38)48-42-28-16-10-18-34(42)2/h33-46H,3-32H2,1-2H3. The molecule has 0 N–H and O–H groups in total. The van der Waals surface area contributed by atoms with Crippen LogP contribution in [-0.4, -0.2) is 35.7 Å². The molecule has 8 rings (SSSR count). The zero-order valence-corrected chi connectivity index (χ0v) is 35.6. The van der Waals surface area contributed by atoms with Crippen LogP contribution in [0.5, 0.6) is 0 Å². The summed E-state index contributed by atoms with van der Waals surface area (Å²) in [6.07, 6.45) is 42.7. The highest BCUT2D eigenvalue weighted by Crippen LogP contribution is 2.63. The van der Waals surface area contributed by atoms with Crippen LogP contribution >= 0.6 is 16.8 Å². The molecule has 0 amide bonds. The fourth-order valence-electron chi connectivity index (χ4n) is 13.6. The molecule has 0 spiro atoms. The first-order chi connectivity index (χ1) is 25.6. The molecule has 8 aliphatic carbocycles. The molecule has 14 unspecified atom stereocenters. The summed E-state index contributed by atoms with van der Waals surface area (Å²) in [6.45, 7) is 4.95. The lowest BCUT2D eigenvalue weighted by Crippen LogP contribution is -2.53. The Hall–Kier alpha value is 0.700. The number of fused-ring (bicyclic) bond motifs is 2. The summed E-state index contributed by atoms with van der Waals surface area (Å²) in [5.74, 6) is 6.11. The van der Waals surface area contributed by atoms with Gasteiger partial charge in [-0.25, -0.2) is 0 Å². The molecule has 8 fully saturated rings. The highest BCUT2D eigenvalue weighted by Gasteiger charge is 2.54. The van der Waals surface area contributed by atoms with Gasteiger partial charge in [0.1, 0.15) is 0 Å². The van der Waals surface area contributed by atoms with E-state index in [-0.39, 0.29) is 0 Å². The SMILES string of the molecule is CC1CCCCC1OP(OC1CCC2CCCCC2C1C1C(OP(OC2CCCCC2C)C2CCCCC2)CCC2CCCCC21)C1CCCCC1. The quantitative estimate of drug-likeness (QED) is 0.197. The summed E-state index contributed by atoms with van der Waals surface area (Å²) < 4.78 is 30.5. The Labute approximate surface area is 323 Å². The summed E-state index contributed by atoms with van der Waals surface area (Å²) in [5, 5.41) is 0. The smallest absolute Gasteiger partial charge is 0.174 e. The van der Waals surface area contributed by atoms with Crippen molar-refractivity contribution >= 4 is 16.8 Å². The highest BCUT2D eigenvalue weighted by atomic mass is 31.2. The molecule has 0 aromatic heterocycles. The number of hydrogen-bond donors (Lipinski definition) is 0. The molecular formula is C46H80O4P2. The minimum absolute atomic E-state index is 0.364. The van der Waals surface area contributed by atoms with E-state index < -0.39 is 16.8 Å². The second-order valence-electron chi connectivity index (χ2n) is 20.0. The predicted molar refractivity (Wildman–Crippen MR) is 219 cm³/mol. The third kappa shape index (κ3) is 9.52. The average Bonchev–Trinajstić information content (AvgIpc) is 3.19. The number of hydrogen-bond acceptors (Lipinski definition) is 4. The molecule has 8 saturated carbocycles. The molecule has 0 aliphatic heterocycles. The lowest BCUT2D eigenvalue weighted by Gasteiger charge is -2.56. The number of rotatable bonds is 11. The van der Waals surface area contributed by atoms with Gasteiger partial charge in [-0.05, 0) is 137 Å². The van der Waals surface area contributed by atoms with Gasteiger partial charge in [-0.1, -0.05) is 117 Å². The van der Waals surface area contributed by atoms with Crippen molar-refractivity contribution in [1.29, 1.82) is 0 Å². The third-order valence-corrected chi connectivity index (χ3v) is 20.8. The Morgan fingerprint density at radius 3 is 1.08 bits per heavy atom. The Balaban J connectivity index is 1.10. The Morgan fingerprint density at radius 1 is 0.308 bits per heavy atom. The van der Waals surface area contributed by atoms with Crippen molar-refractivity contribution in [3.63, 3.8) is 0 Å². The van der Waals surface area contributed by atoms with Crippen LogP contribution in [0.2, 0.25) is 0 Å². The molecule has 298 valence electrons. The van der Waals surface area contributed by atoms with Gasteiger partial charge in [-0.15, -0.1) is 0 Å². The van der Waals surface area contributed by atoms with E-state index in [0.717, 1.165) is 23.7 Å². The average molecular weight is 759 g/mol. The van der Waals surface area contributed by atoms with Gasteiger partial charge in [0.15, 0.2) is 16.8 Å². The Bertz CT molecular complexity index is 981. The van der Waals surface area contributed by atoms with Gasteiger partial charge >= 0.3 is 0 Å². The van der Waals surface area contributed by atoms with Gasteiger partial charge < -0.3 is 18.1 Å². The topological polar surface area (TPSA) is 36.9 Å². The monoisotopic (exact) mass is 759 g/mol. The second kappa shape index (κ2) is 19.4. The van der Waals surface area contributed by atoms with Crippen LogP contribution in [0.4, 0.5) is 0 Å². The van der Waals surface area contributed by atoms with Crippen molar-refractivity contribution < 1.29 is 18.1 Å². The molecule has 4 nitrogen and oxygen atoms in total. The van der Waals surface area contributed by atoms with Crippen molar-refractivity contribution in [1.82, 2.24) is 0 Å². The minimum atomic E-state index is -0.862. The van der Waals surface area contributed by atoms with E-state index in [1.54, 1.807) is 0 Å². The summed E-state index contributed by atoms with van der Waals surface area (Å²) in [6, 6.07) is 0. The van der Waals surface area contributed by atoms with Crippen molar-refractivity contribution in [3.05, 3.63) is 0 Å². The lowest BCUT2D eigenvalue weighted by molar-refractivity contribution is -0.113. The molecule has 0 aromatic rings. The summed E-state index contributed by atoms with van der Waals surface area (Å²) in [7, 11) is -1.72. The van der Waals surface area contributed by atoms with Crippen molar-refractivity contribution in [2.24, 2.45) is 47.3 Å². The van der Waals surface area contributed by atoms with E-state index in [1.807, 2.05) is 0 Å². The van der Waals surface area contributed by atoms with Gasteiger partial charge in [-0.3, -0.25) is 0 Å². The summed E-state index contributed by atoms with van der Waals surface area (Å²) >= 11 is 0. The van der Waals surface area contributed by atoms with Crippen molar-refractivity contribution in [3.8, 4) is 0 Å². The van der Waals surface area contributed by atoms with Crippen LogP contribution < -0.4 is 0 Å². The van der Waals surface area contributed by atoms with E-state index in [9.17, 15) is 0 Å². The Morgan fingerprint density at radius 2 is 0.654 bits per heavy atom. The maximum atomic E-state index is 7.84. The molecule has 0 heterocycles. The summed E-state index contributed by atoms with van der Waals surface area (Å²) in [4.78, 5) is 0. The Kier molecular flexibility index (Phi) is 14.8. The van der Waals surface area contributed by atoms with Gasteiger partial charge in [0, 0.05) is 11.3 Å². The molecule has 0 aromatic carbocycles. The summed E-state index contributed by atoms with van der Waals surface area (Å²) in [5.41, 5.74) is 1.29. The van der Waals surface area contributed by atoms with Crippen LogP contribution in [0.3, 0.4) is 0 Å². The predicted octanol–water partition coefficient (Wildman–Crippen LogP) is 14.7. The minimum Gasteiger partial charge on any atom is -0.330 e. The van der Waals surface area contributed by atoms with Crippen LogP contribution in [0.25, 0.3) is 0 Å². The van der Waals surface area contributed by atoms with E-state index in [2.05, 4.69) is 13.8 Å². The van der Waals surface area contributed by atoms with Crippen molar-refractivity contribution in [2.75, 3.05) is 0 Å². The first-order valence-corrected chi connectivity index (χ1v) is 26.4. The molecule has 14 atom stereocenters. The lowest BCUT2D eigenvalue weighted by atomic mass is 9.53. The fraction of sp³-hybridized carbons (Fsp3) is 1.00. The zero-order chi connectivity index (χ0) is 35.3. The van der Waals surface area contributed by atoms with E-state index in [0.29, 0.717) is 59.4 Å². The van der Waals surface area contributed by atoms with Gasteiger partial charge in [0.25, 0.3) is 0 Å². The van der Waals surface area contributed by atoms with Crippen LogP contribution in [-0.2, 0) is 18.1 Å². The molecule has 0 bridgehead atoms. The first kappa shape index (κ1) is 39.5. The van der Waals surface area contributed by atoms with E-state index in [4.69, 9.17) is 18.1 Å². The normalized spacial score (nSPS) is 44.0. The molecule has 6 heteroatoms. The largest absolute Gasteiger partial charge is 0.330 e. The van der Waals surface area contributed by atoms with Crippen LogP contribution in [0.1, 0.15) is 206 Å². The molecule has 8 aliphatic rings. The third-order valence-electron chi connectivity index (χ3n) is 16.6. The maximum Gasteiger partial charge on any atom is 0.174 e. The van der Waals surface area contributed by atoms with Gasteiger partial charge in [-0.2, -0.15) is 0 Å². The highest BCUT2D eigenvalue weighted by molar-refractivity contribution is 7.48. The van der Waals surface area contributed by atoms with Crippen molar-refractivity contribution in [2.45, 2.75) is 242 Å². The fourth-order valence-corrected chi connectivity index (χ4v) is 18.1. The zero-order valence-electron chi connectivity index (χ0n) is 33.8. The first-order valence-electron chi connectivity index (χ1n) is 23.9. The van der Waals surface area contributed by atoms with E-state index in [1.165, 1.54) is 193 Å². The second-order valence-corrected chi connectivity index (χ2v) is 23.4. The van der Waals surface area contributed by atoms with Crippen LogP contribution in [0, 0.1) is 47.3 Å². The molecular weight excluding hydrogens is 678 g/mol. The van der Waals surface area contributed by atoms with Crippen LogP contribution in [0.15, 0.2) is 0 Å². The van der Waals surface area contributed by atoms with Gasteiger partial charge in [0.05, 0.1) is 24.4 Å². The molecule has 0 radical (unpaired) electrons. The van der Waals surface area contributed by atoms with Gasteiger partial charge in [0.2, 0.25) is 0 Å². The van der Waals surface area contributed by atoms with E-state index >= 15 is 0 Å².